The first-order valence-corrected chi connectivity index (χ1v) is 9.16. The van der Waals surface area contributed by atoms with Gasteiger partial charge in [0.05, 0.1) is 26.5 Å². The Morgan fingerprint density at radius 3 is 2.33 bits per heavy atom. The molecule has 2 aromatic carbocycles. The summed E-state index contributed by atoms with van der Waals surface area (Å²) in [6.07, 6.45) is 0. The van der Waals surface area contributed by atoms with E-state index in [-0.39, 0.29) is 12.5 Å². The minimum Gasteiger partial charge on any atom is -0.497 e. The van der Waals surface area contributed by atoms with Crippen molar-refractivity contribution in [2.45, 2.75) is 6.92 Å². The van der Waals surface area contributed by atoms with Crippen LogP contribution in [0.1, 0.15) is 5.56 Å². The van der Waals surface area contributed by atoms with Crippen LogP contribution in [0.5, 0.6) is 11.5 Å². The van der Waals surface area contributed by atoms with Crippen molar-refractivity contribution in [1.29, 1.82) is 0 Å². The number of rotatable bonds is 6. The Hall–Kier alpha value is -2.89. The molecule has 6 heteroatoms. The Kier molecular flexibility index (Phi) is 6.06. The van der Waals surface area contributed by atoms with E-state index < -0.39 is 0 Å². The molecule has 1 aliphatic rings. The van der Waals surface area contributed by atoms with E-state index in [4.69, 9.17) is 9.47 Å². The summed E-state index contributed by atoms with van der Waals surface area (Å²) in [5.41, 5.74) is 3.13. The summed E-state index contributed by atoms with van der Waals surface area (Å²) in [7, 11) is 3.30. The van der Waals surface area contributed by atoms with Crippen LogP contribution < -0.4 is 19.7 Å². The lowest BCUT2D eigenvalue weighted by Gasteiger charge is -2.36. The second-order valence-electron chi connectivity index (χ2n) is 6.62. The summed E-state index contributed by atoms with van der Waals surface area (Å²) in [6, 6.07) is 13.9. The van der Waals surface area contributed by atoms with E-state index in [9.17, 15) is 4.79 Å². The molecule has 1 N–H and O–H groups in total. The van der Waals surface area contributed by atoms with Crippen LogP contribution in [-0.4, -0.2) is 57.8 Å². The summed E-state index contributed by atoms with van der Waals surface area (Å²) in [4.78, 5) is 16.8. The van der Waals surface area contributed by atoms with E-state index in [1.165, 1.54) is 0 Å². The van der Waals surface area contributed by atoms with Gasteiger partial charge >= 0.3 is 0 Å². The normalized spacial score (nSPS) is 14.0. The lowest BCUT2D eigenvalue weighted by atomic mass is 10.2. The molecule has 1 aliphatic heterocycles. The molecule has 1 heterocycles. The zero-order valence-electron chi connectivity index (χ0n) is 16.2. The molecule has 0 aromatic heterocycles. The number of hydrogen-bond acceptors (Lipinski definition) is 5. The third kappa shape index (κ3) is 4.64. The molecule has 6 nitrogen and oxygen atoms in total. The van der Waals surface area contributed by atoms with E-state index in [1.54, 1.807) is 14.2 Å². The molecule has 1 fully saturated rings. The standard InChI is InChI=1S/C21H27N3O3/c1-16-4-9-20(27-3)19(14-16)22-15-21(25)24-12-10-23(11-13-24)17-5-7-18(26-2)8-6-17/h4-9,14,22H,10-13,15H2,1-3H3. The smallest absolute Gasteiger partial charge is 0.241 e. The van der Waals surface area contributed by atoms with E-state index in [2.05, 4.69) is 22.3 Å². The average Bonchev–Trinajstić information content (AvgIpc) is 2.72. The number of carbonyl (C=O) groups excluding carboxylic acids is 1. The fraction of sp³-hybridized carbons (Fsp3) is 0.381. The summed E-state index contributed by atoms with van der Waals surface area (Å²) >= 11 is 0. The van der Waals surface area contributed by atoms with Crippen LogP contribution in [0.15, 0.2) is 42.5 Å². The van der Waals surface area contributed by atoms with Crippen molar-refractivity contribution in [2.24, 2.45) is 0 Å². The summed E-state index contributed by atoms with van der Waals surface area (Å²) in [5, 5.41) is 3.21. The molecule has 3 rings (SSSR count). The van der Waals surface area contributed by atoms with Gasteiger partial charge in [-0.25, -0.2) is 0 Å². The van der Waals surface area contributed by atoms with E-state index >= 15 is 0 Å². The van der Waals surface area contributed by atoms with Gasteiger partial charge in [-0.05, 0) is 48.9 Å². The second kappa shape index (κ2) is 8.66. The fourth-order valence-corrected chi connectivity index (χ4v) is 3.25. The number of nitrogens with one attached hydrogen (secondary N) is 1. The van der Waals surface area contributed by atoms with Crippen molar-refractivity contribution >= 4 is 17.3 Å². The molecule has 27 heavy (non-hydrogen) atoms. The zero-order chi connectivity index (χ0) is 19.2. The lowest BCUT2D eigenvalue weighted by Crippen LogP contribution is -2.50. The van der Waals surface area contributed by atoms with Gasteiger partial charge in [-0.15, -0.1) is 0 Å². The molecule has 144 valence electrons. The van der Waals surface area contributed by atoms with Crippen molar-refractivity contribution in [1.82, 2.24) is 4.90 Å². The van der Waals surface area contributed by atoms with Gasteiger partial charge in [-0.2, -0.15) is 0 Å². The molecular formula is C21H27N3O3. The van der Waals surface area contributed by atoms with Gasteiger partial charge in [0, 0.05) is 31.9 Å². The van der Waals surface area contributed by atoms with Crippen molar-refractivity contribution in [3.8, 4) is 11.5 Å². The van der Waals surface area contributed by atoms with Crippen LogP contribution in [0.25, 0.3) is 0 Å². The molecule has 0 saturated carbocycles. The van der Waals surface area contributed by atoms with Crippen LogP contribution in [-0.2, 0) is 4.79 Å². The van der Waals surface area contributed by atoms with Crippen molar-refractivity contribution in [3.05, 3.63) is 48.0 Å². The largest absolute Gasteiger partial charge is 0.497 e. The Morgan fingerprint density at radius 1 is 1.00 bits per heavy atom. The van der Waals surface area contributed by atoms with Crippen molar-refractivity contribution in [3.63, 3.8) is 0 Å². The molecule has 1 amide bonds. The number of nitrogens with zero attached hydrogens (tertiary/aromatic N) is 2. The molecule has 0 radical (unpaired) electrons. The van der Waals surface area contributed by atoms with Gasteiger partial charge in [-0.3, -0.25) is 4.79 Å². The summed E-state index contributed by atoms with van der Waals surface area (Å²) < 4.78 is 10.6. The van der Waals surface area contributed by atoms with Crippen LogP contribution in [0.2, 0.25) is 0 Å². The number of carbonyl (C=O) groups is 1. The summed E-state index contributed by atoms with van der Waals surface area (Å²) in [6.45, 7) is 5.37. The fourth-order valence-electron chi connectivity index (χ4n) is 3.25. The SMILES string of the molecule is COc1ccc(N2CCN(C(=O)CNc3cc(C)ccc3OC)CC2)cc1. The quantitative estimate of drug-likeness (QED) is 0.849. The van der Waals surface area contributed by atoms with Gasteiger partial charge in [0.1, 0.15) is 11.5 Å². The number of methoxy groups -OCH3 is 2. The Bertz CT molecular complexity index is 769. The highest BCUT2D eigenvalue weighted by Crippen LogP contribution is 2.25. The van der Waals surface area contributed by atoms with E-state index in [0.29, 0.717) is 0 Å². The highest BCUT2D eigenvalue weighted by molar-refractivity contribution is 5.81. The topological polar surface area (TPSA) is 54.0 Å². The van der Waals surface area contributed by atoms with Crippen molar-refractivity contribution in [2.75, 3.05) is 57.2 Å². The first-order chi connectivity index (χ1) is 13.1. The molecule has 0 aliphatic carbocycles. The van der Waals surface area contributed by atoms with Crippen LogP contribution >= 0.6 is 0 Å². The zero-order valence-corrected chi connectivity index (χ0v) is 16.2. The first kappa shape index (κ1) is 18.9. The van der Waals surface area contributed by atoms with Gasteiger partial charge < -0.3 is 24.6 Å². The number of hydrogen-bond donors (Lipinski definition) is 1. The Balaban J connectivity index is 1.52. The highest BCUT2D eigenvalue weighted by atomic mass is 16.5. The Morgan fingerprint density at radius 2 is 1.70 bits per heavy atom. The molecule has 0 unspecified atom stereocenters. The molecule has 1 saturated heterocycles. The minimum absolute atomic E-state index is 0.105. The number of piperazine rings is 1. The van der Waals surface area contributed by atoms with Crippen LogP contribution in [0.4, 0.5) is 11.4 Å². The van der Waals surface area contributed by atoms with Crippen LogP contribution in [0, 0.1) is 6.92 Å². The maximum absolute atomic E-state index is 12.6. The lowest BCUT2D eigenvalue weighted by molar-refractivity contribution is -0.129. The monoisotopic (exact) mass is 369 g/mol. The molecule has 2 aromatic rings. The van der Waals surface area contributed by atoms with Crippen molar-refractivity contribution < 1.29 is 14.3 Å². The maximum Gasteiger partial charge on any atom is 0.241 e. The third-order valence-electron chi connectivity index (χ3n) is 4.85. The van der Waals surface area contributed by atoms with Crippen LogP contribution in [0.3, 0.4) is 0 Å². The average molecular weight is 369 g/mol. The van der Waals surface area contributed by atoms with Gasteiger partial charge in [0.15, 0.2) is 0 Å². The third-order valence-corrected chi connectivity index (χ3v) is 4.85. The molecular weight excluding hydrogens is 342 g/mol. The first-order valence-electron chi connectivity index (χ1n) is 9.16. The predicted molar refractivity (Wildman–Crippen MR) is 108 cm³/mol. The maximum atomic E-state index is 12.6. The number of benzene rings is 2. The van der Waals surface area contributed by atoms with Gasteiger partial charge in [0.2, 0.25) is 5.91 Å². The van der Waals surface area contributed by atoms with Gasteiger partial charge in [-0.1, -0.05) is 6.07 Å². The van der Waals surface area contributed by atoms with E-state index in [1.807, 2.05) is 42.2 Å². The molecule has 0 spiro atoms. The molecule has 0 bridgehead atoms. The number of aryl methyl sites for hydroxylation is 1. The predicted octanol–water partition coefficient (Wildman–Crippen LogP) is 2.77. The molecule has 0 atom stereocenters. The second-order valence-corrected chi connectivity index (χ2v) is 6.62. The van der Waals surface area contributed by atoms with Gasteiger partial charge in [0.25, 0.3) is 0 Å². The number of amides is 1. The number of ether oxygens (including phenoxy) is 2. The van der Waals surface area contributed by atoms with E-state index in [0.717, 1.165) is 54.6 Å². The Labute approximate surface area is 160 Å². The highest BCUT2D eigenvalue weighted by Gasteiger charge is 2.21. The number of anilines is 2. The minimum atomic E-state index is 0.105. The summed E-state index contributed by atoms with van der Waals surface area (Å²) in [5.74, 6) is 1.70.